The molecule has 0 aliphatic carbocycles. The number of benzene rings is 1. The van der Waals surface area contributed by atoms with E-state index in [-0.39, 0.29) is 0 Å². The van der Waals surface area contributed by atoms with Crippen LogP contribution in [0.1, 0.15) is 10.5 Å². The Hall–Kier alpha value is -2.08. The van der Waals surface area contributed by atoms with Gasteiger partial charge >= 0.3 is 0 Å². The Bertz CT molecular complexity index is 594. The van der Waals surface area contributed by atoms with Crippen LogP contribution in [0.5, 0.6) is 17.2 Å². The molecule has 1 heterocycles. The minimum atomic E-state index is 0.400. The Kier molecular flexibility index (Phi) is 4.01. The molecule has 2 rings (SSSR count). The van der Waals surface area contributed by atoms with Crippen LogP contribution in [0.15, 0.2) is 17.5 Å². The van der Waals surface area contributed by atoms with E-state index in [1.165, 1.54) is 11.3 Å². The lowest BCUT2D eigenvalue weighted by Gasteiger charge is -2.14. The fraction of sp³-hybridized carbons (Fsp3) is 0.231. The number of nitrogens with zero attached hydrogens (tertiary/aromatic N) is 1. The number of carbonyl (C=O) groups is 1. The first-order valence-electron chi connectivity index (χ1n) is 5.45. The summed E-state index contributed by atoms with van der Waals surface area (Å²) in [5.74, 6) is 1.62. The van der Waals surface area contributed by atoms with Gasteiger partial charge in [-0.1, -0.05) is 0 Å². The lowest BCUT2D eigenvalue weighted by atomic mass is 10.1. The SMILES string of the molecule is COc1ccc(-c2nc(C=O)cs2)c(OC)c1OC. The van der Waals surface area contributed by atoms with Crippen molar-refractivity contribution in [1.29, 1.82) is 0 Å². The monoisotopic (exact) mass is 279 g/mol. The van der Waals surface area contributed by atoms with Gasteiger partial charge in [0.2, 0.25) is 5.75 Å². The second-order valence-corrected chi connectivity index (χ2v) is 4.44. The molecular formula is C13H13NO4S. The first-order valence-corrected chi connectivity index (χ1v) is 6.33. The van der Waals surface area contributed by atoms with Crippen molar-refractivity contribution < 1.29 is 19.0 Å². The molecule has 5 nitrogen and oxygen atoms in total. The summed E-state index contributed by atoms with van der Waals surface area (Å²) in [5.41, 5.74) is 1.16. The molecule has 0 saturated heterocycles. The van der Waals surface area contributed by atoms with Gasteiger partial charge in [-0.15, -0.1) is 11.3 Å². The topological polar surface area (TPSA) is 57.7 Å². The van der Waals surface area contributed by atoms with Crippen molar-refractivity contribution in [1.82, 2.24) is 4.98 Å². The first-order chi connectivity index (χ1) is 9.24. The van der Waals surface area contributed by atoms with E-state index in [2.05, 4.69) is 4.98 Å². The van der Waals surface area contributed by atoms with Crippen LogP contribution in [0.3, 0.4) is 0 Å². The third kappa shape index (κ3) is 2.39. The summed E-state index contributed by atoms with van der Waals surface area (Å²) in [4.78, 5) is 14.9. The highest BCUT2D eigenvalue weighted by Crippen LogP contribution is 2.44. The van der Waals surface area contributed by atoms with Crippen LogP contribution in [0.2, 0.25) is 0 Å². The lowest BCUT2D eigenvalue weighted by Crippen LogP contribution is -1.96. The quantitative estimate of drug-likeness (QED) is 0.787. The highest BCUT2D eigenvalue weighted by Gasteiger charge is 2.18. The molecule has 0 aliphatic heterocycles. The van der Waals surface area contributed by atoms with Gasteiger partial charge in [-0.25, -0.2) is 4.98 Å². The maximum absolute atomic E-state index is 10.7. The Labute approximate surface area is 114 Å². The molecule has 0 saturated carbocycles. The molecule has 1 aromatic heterocycles. The second-order valence-electron chi connectivity index (χ2n) is 3.58. The summed E-state index contributed by atoms with van der Waals surface area (Å²) >= 11 is 1.37. The number of rotatable bonds is 5. The van der Waals surface area contributed by atoms with Crippen molar-refractivity contribution >= 4 is 17.6 Å². The van der Waals surface area contributed by atoms with Gasteiger partial charge in [0.05, 0.1) is 26.9 Å². The maximum Gasteiger partial charge on any atom is 0.204 e. The van der Waals surface area contributed by atoms with E-state index in [0.717, 1.165) is 5.56 Å². The minimum Gasteiger partial charge on any atom is -0.493 e. The zero-order valence-corrected chi connectivity index (χ0v) is 11.6. The zero-order valence-electron chi connectivity index (χ0n) is 10.8. The Morgan fingerprint density at radius 2 is 1.84 bits per heavy atom. The fourth-order valence-corrected chi connectivity index (χ4v) is 2.52. The van der Waals surface area contributed by atoms with Crippen molar-refractivity contribution in [3.05, 3.63) is 23.2 Å². The van der Waals surface area contributed by atoms with Gasteiger partial charge in [0.1, 0.15) is 10.7 Å². The predicted octanol–water partition coefficient (Wildman–Crippen LogP) is 2.65. The molecule has 0 bridgehead atoms. The van der Waals surface area contributed by atoms with Crippen molar-refractivity contribution in [2.24, 2.45) is 0 Å². The first kappa shape index (κ1) is 13.4. The summed E-state index contributed by atoms with van der Waals surface area (Å²) < 4.78 is 15.9. The molecule has 19 heavy (non-hydrogen) atoms. The highest BCUT2D eigenvalue weighted by molar-refractivity contribution is 7.13. The third-order valence-corrected chi connectivity index (χ3v) is 3.47. The van der Waals surface area contributed by atoms with Crippen molar-refractivity contribution in [3.63, 3.8) is 0 Å². The number of aromatic nitrogens is 1. The van der Waals surface area contributed by atoms with Gasteiger partial charge in [-0.3, -0.25) is 4.79 Å². The van der Waals surface area contributed by atoms with Crippen molar-refractivity contribution in [3.8, 4) is 27.8 Å². The molecule has 2 aromatic rings. The molecular weight excluding hydrogens is 266 g/mol. The molecule has 0 spiro atoms. The minimum absolute atomic E-state index is 0.400. The average Bonchev–Trinajstić information content (AvgIpc) is 2.94. The van der Waals surface area contributed by atoms with E-state index >= 15 is 0 Å². The van der Waals surface area contributed by atoms with E-state index in [1.807, 2.05) is 6.07 Å². The molecule has 0 fully saturated rings. The second kappa shape index (κ2) is 5.71. The number of thiazole rings is 1. The molecule has 100 valence electrons. The number of ether oxygens (including phenoxy) is 3. The maximum atomic E-state index is 10.7. The fourth-order valence-electron chi connectivity index (χ4n) is 1.73. The van der Waals surface area contributed by atoms with Gasteiger partial charge < -0.3 is 14.2 Å². The van der Waals surface area contributed by atoms with Crippen LogP contribution in [0, 0.1) is 0 Å². The van der Waals surface area contributed by atoms with E-state index < -0.39 is 0 Å². The van der Waals surface area contributed by atoms with Crippen molar-refractivity contribution in [2.75, 3.05) is 21.3 Å². The number of hydrogen-bond donors (Lipinski definition) is 0. The average molecular weight is 279 g/mol. The van der Waals surface area contributed by atoms with Crippen LogP contribution < -0.4 is 14.2 Å². The molecule has 0 amide bonds. The number of hydrogen-bond acceptors (Lipinski definition) is 6. The summed E-state index contributed by atoms with van der Waals surface area (Å²) in [7, 11) is 4.66. The number of carbonyl (C=O) groups excluding carboxylic acids is 1. The van der Waals surface area contributed by atoms with Gasteiger partial charge in [0.15, 0.2) is 17.8 Å². The standard InChI is InChI=1S/C13H13NO4S/c1-16-10-5-4-9(11(17-2)12(10)18-3)13-14-8(6-15)7-19-13/h4-7H,1-3H3. The normalized spacial score (nSPS) is 10.1. The number of methoxy groups -OCH3 is 3. The van der Waals surface area contributed by atoms with Gasteiger partial charge in [-0.2, -0.15) is 0 Å². The predicted molar refractivity (Wildman–Crippen MR) is 72.6 cm³/mol. The van der Waals surface area contributed by atoms with E-state index in [0.29, 0.717) is 34.2 Å². The molecule has 0 aliphatic rings. The molecule has 0 unspecified atom stereocenters. The molecule has 6 heteroatoms. The smallest absolute Gasteiger partial charge is 0.204 e. The van der Waals surface area contributed by atoms with E-state index in [9.17, 15) is 4.79 Å². The Morgan fingerprint density at radius 3 is 2.37 bits per heavy atom. The van der Waals surface area contributed by atoms with Crippen LogP contribution >= 0.6 is 11.3 Å². The zero-order chi connectivity index (χ0) is 13.8. The van der Waals surface area contributed by atoms with Gasteiger partial charge in [0, 0.05) is 5.38 Å². The van der Waals surface area contributed by atoms with Gasteiger partial charge in [-0.05, 0) is 12.1 Å². The summed E-state index contributed by atoms with van der Waals surface area (Å²) in [6.07, 6.45) is 0.716. The summed E-state index contributed by atoms with van der Waals surface area (Å²) in [5, 5.41) is 2.39. The van der Waals surface area contributed by atoms with E-state index in [1.54, 1.807) is 32.8 Å². The molecule has 0 radical (unpaired) electrons. The highest BCUT2D eigenvalue weighted by atomic mass is 32.1. The molecule has 1 aromatic carbocycles. The van der Waals surface area contributed by atoms with Crippen LogP contribution in [0.25, 0.3) is 10.6 Å². The third-order valence-electron chi connectivity index (χ3n) is 2.58. The number of aldehydes is 1. The van der Waals surface area contributed by atoms with Crippen molar-refractivity contribution in [2.45, 2.75) is 0 Å². The largest absolute Gasteiger partial charge is 0.493 e. The Balaban J connectivity index is 2.59. The summed E-state index contributed by atoms with van der Waals surface area (Å²) in [6, 6.07) is 3.60. The molecule has 0 atom stereocenters. The van der Waals surface area contributed by atoms with Gasteiger partial charge in [0.25, 0.3) is 0 Å². The van der Waals surface area contributed by atoms with Crippen LogP contribution in [0.4, 0.5) is 0 Å². The van der Waals surface area contributed by atoms with Crippen LogP contribution in [-0.2, 0) is 0 Å². The summed E-state index contributed by atoms with van der Waals surface area (Å²) in [6.45, 7) is 0. The lowest BCUT2D eigenvalue weighted by molar-refractivity contribution is 0.111. The Morgan fingerprint density at radius 1 is 1.11 bits per heavy atom. The van der Waals surface area contributed by atoms with E-state index in [4.69, 9.17) is 14.2 Å². The molecule has 0 N–H and O–H groups in total. The van der Waals surface area contributed by atoms with Crippen LogP contribution in [-0.4, -0.2) is 32.6 Å².